The molecule has 0 aromatic heterocycles. The molecule has 0 saturated carbocycles. The van der Waals surface area contributed by atoms with Crippen LogP contribution >= 0.6 is 0 Å². The van der Waals surface area contributed by atoms with E-state index < -0.39 is 0 Å². The summed E-state index contributed by atoms with van der Waals surface area (Å²) in [7, 11) is 2.97. The Morgan fingerprint density at radius 1 is 1.08 bits per heavy atom. The molecule has 0 heterocycles. The minimum absolute atomic E-state index is 0.219. The fourth-order valence-corrected chi connectivity index (χ4v) is 2.75. The van der Waals surface area contributed by atoms with Crippen molar-refractivity contribution < 1.29 is 19.4 Å². The molecule has 0 aliphatic heterocycles. The number of hydrogen-bond acceptors (Lipinski definition) is 4. The SMILES string of the molecule is COC(=O)c1ccccc1C=Cc1ccc(OC)c(CCC(C)C)c1O. The predicted octanol–water partition coefficient (Wildman–Crippen LogP) is 4.95. The van der Waals surface area contributed by atoms with Gasteiger partial charge in [0.25, 0.3) is 0 Å². The smallest absolute Gasteiger partial charge is 0.338 e. The number of aromatic hydroxyl groups is 1. The first-order valence-electron chi connectivity index (χ1n) is 8.72. The lowest BCUT2D eigenvalue weighted by atomic mass is 9.98. The standard InChI is InChI=1S/C22H26O4/c1-15(2)9-13-19-20(25-3)14-12-17(21(19)23)11-10-16-7-5-6-8-18(16)22(24)26-4/h5-8,10-12,14-15,23H,9,13H2,1-4H3. The van der Waals surface area contributed by atoms with Crippen LogP contribution in [0.2, 0.25) is 0 Å². The summed E-state index contributed by atoms with van der Waals surface area (Å²) >= 11 is 0. The van der Waals surface area contributed by atoms with Crippen molar-refractivity contribution in [2.24, 2.45) is 5.92 Å². The van der Waals surface area contributed by atoms with Gasteiger partial charge in [0.05, 0.1) is 19.8 Å². The molecule has 0 radical (unpaired) electrons. The minimum atomic E-state index is -0.387. The maximum atomic E-state index is 11.9. The highest BCUT2D eigenvalue weighted by atomic mass is 16.5. The highest BCUT2D eigenvalue weighted by molar-refractivity contribution is 5.94. The average Bonchev–Trinajstić information content (AvgIpc) is 2.65. The Morgan fingerprint density at radius 3 is 2.42 bits per heavy atom. The molecule has 0 amide bonds. The summed E-state index contributed by atoms with van der Waals surface area (Å²) < 4.78 is 10.2. The van der Waals surface area contributed by atoms with Gasteiger partial charge in [-0.1, -0.05) is 44.2 Å². The van der Waals surface area contributed by atoms with E-state index in [9.17, 15) is 9.90 Å². The first kappa shape index (κ1) is 19.6. The quantitative estimate of drug-likeness (QED) is 0.565. The molecule has 0 aliphatic rings. The number of esters is 1. The van der Waals surface area contributed by atoms with E-state index in [0.717, 1.165) is 24.0 Å². The van der Waals surface area contributed by atoms with Gasteiger partial charge in [-0.3, -0.25) is 0 Å². The van der Waals surface area contributed by atoms with Gasteiger partial charge in [0, 0.05) is 11.1 Å². The summed E-state index contributed by atoms with van der Waals surface area (Å²) in [4.78, 5) is 11.9. The molecule has 0 saturated heterocycles. The average molecular weight is 354 g/mol. The van der Waals surface area contributed by atoms with Crippen molar-refractivity contribution in [3.63, 3.8) is 0 Å². The molecule has 4 heteroatoms. The summed E-state index contributed by atoms with van der Waals surface area (Å²) in [6, 6.07) is 10.9. The second kappa shape index (κ2) is 9.09. The Balaban J connectivity index is 2.37. The highest BCUT2D eigenvalue weighted by Crippen LogP contribution is 2.34. The van der Waals surface area contributed by atoms with E-state index in [4.69, 9.17) is 9.47 Å². The topological polar surface area (TPSA) is 55.8 Å². The van der Waals surface area contributed by atoms with E-state index in [1.807, 2.05) is 24.3 Å². The lowest BCUT2D eigenvalue weighted by Gasteiger charge is -2.14. The van der Waals surface area contributed by atoms with Gasteiger partial charge in [-0.15, -0.1) is 0 Å². The third-order valence-electron chi connectivity index (χ3n) is 4.27. The molecular formula is C22H26O4. The van der Waals surface area contributed by atoms with Crippen molar-refractivity contribution in [3.8, 4) is 11.5 Å². The van der Waals surface area contributed by atoms with Crippen molar-refractivity contribution in [2.75, 3.05) is 14.2 Å². The van der Waals surface area contributed by atoms with Crippen molar-refractivity contribution in [1.29, 1.82) is 0 Å². The largest absolute Gasteiger partial charge is 0.507 e. The molecule has 0 atom stereocenters. The Morgan fingerprint density at radius 2 is 1.77 bits per heavy atom. The van der Waals surface area contributed by atoms with Crippen LogP contribution in [0.5, 0.6) is 11.5 Å². The number of phenolic OH excluding ortho intramolecular Hbond substituents is 1. The molecule has 2 aromatic carbocycles. The minimum Gasteiger partial charge on any atom is -0.507 e. The van der Waals surface area contributed by atoms with Gasteiger partial charge < -0.3 is 14.6 Å². The van der Waals surface area contributed by atoms with Crippen LogP contribution in [0.4, 0.5) is 0 Å². The molecule has 2 aromatic rings. The molecule has 0 bridgehead atoms. The number of rotatable bonds is 7. The Bertz CT molecular complexity index is 791. The summed E-state index contributed by atoms with van der Waals surface area (Å²) in [5.74, 6) is 1.05. The van der Waals surface area contributed by atoms with E-state index in [1.54, 1.807) is 31.4 Å². The number of carbonyl (C=O) groups excluding carboxylic acids is 1. The lowest BCUT2D eigenvalue weighted by Crippen LogP contribution is -2.03. The molecule has 0 aliphatic carbocycles. The molecule has 1 N–H and O–H groups in total. The molecule has 26 heavy (non-hydrogen) atoms. The first-order valence-corrected chi connectivity index (χ1v) is 8.72. The third-order valence-corrected chi connectivity index (χ3v) is 4.27. The fourth-order valence-electron chi connectivity index (χ4n) is 2.75. The summed E-state index contributed by atoms with van der Waals surface area (Å²) in [6.07, 6.45) is 5.31. The maximum Gasteiger partial charge on any atom is 0.338 e. The van der Waals surface area contributed by atoms with Gasteiger partial charge in [0.15, 0.2) is 0 Å². The number of methoxy groups -OCH3 is 2. The monoisotopic (exact) mass is 354 g/mol. The van der Waals surface area contributed by atoms with Crippen LogP contribution in [0.3, 0.4) is 0 Å². The van der Waals surface area contributed by atoms with Gasteiger partial charge in [-0.25, -0.2) is 4.79 Å². The third kappa shape index (κ3) is 4.66. The van der Waals surface area contributed by atoms with Crippen molar-refractivity contribution >= 4 is 18.1 Å². The normalized spacial score (nSPS) is 11.1. The summed E-state index contributed by atoms with van der Waals surface area (Å²) in [5, 5.41) is 10.7. The van der Waals surface area contributed by atoms with Crippen LogP contribution in [0, 0.1) is 5.92 Å². The van der Waals surface area contributed by atoms with Crippen LogP contribution in [0.15, 0.2) is 36.4 Å². The maximum absolute atomic E-state index is 11.9. The second-order valence-electron chi connectivity index (χ2n) is 6.53. The van der Waals surface area contributed by atoms with Gasteiger partial charge in [-0.05, 0) is 42.5 Å². The van der Waals surface area contributed by atoms with Crippen molar-refractivity contribution in [3.05, 3.63) is 58.7 Å². The molecule has 4 nitrogen and oxygen atoms in total. The molecule has 0 unspecified atom stereocenters. The highest BCUT2D eigenvalue weighted by Gasteiger charge is 2.13. The Kier molecular flexibility index (Phi) is 6.84. The summed E-state index contributed by atoms with van der Waals surface area (Å²) in [6.45, 7) is 4.30. The van der Waals surface area contributed by atoms with Gasteiger partial charge in [-0.2, -0.15) is 0 Å². The van der Waals surface area contributed by atoms with E-state index >= 15 is 0 Å². The molecule has 138 valence electrons. The number of phenols is 1. The predicted molar refractivity (Wildman–Crippen MR) is 105 cm³/mol. The number of hydrogen-bond donors (Lipinski definition) is 1. The van der Waals surface area contributed by atoms with E-state index in [1.165, 1.54) is 7.11 Å². The van der Waals surface area contributed by atoms with Crippen LogP contribution in [-0.2, 0) is 11.2 Å². The zero-order valence-electron chi connectivity index (χ0n) is 15.8. The van der Waals surface area contributed by atoms with E-state index in [0.29, 0.717) is 22.8 Å². The molecule has 0 spiro atoms. The molecule has 2 rings (SSSR count). The van der Waals surface area contributed by atoms with Gasteiger partial charge in [0.1, 0.15) is 11.5 Å². The fraction of sp³-hybridized carbons (Fsp3) is 0.318. The zero-order valence-corrected chi connectivity index (χ0v) is 15.8. The van der Waals surface area contributed by atoms with Gasteiger partial charge >= 0.3 is 5.97 Å². The summed E-state index contributed by atoms with van der Waals surface area (Å²) in [5.41, 5.74) is 2.71. The number of ether oxygens (including phenoxy) is 2. The second-order valence-corrected chi connectivity index (χ2v) is 6.53. The zero-order chi connectivity index (χ0) is 19.1. The van der Waals surface area contributed by atoms with Crippen LogP contribution < -0.4 is 4.74 Å². The van der Waals surface area contributed by atoms with E-state index in [-0.39, 0.29) is 11.7 Å². The lowest BCUT2D eigenvalue weighted by molar-refractivity contribution is 0.0600. The Labute approximate surface area is 155 Å². The number of carbonyl (C=O) groups is 1. The molecule has 0 fully saturated rings. The Hall–Kier alpha value is -2.75. The van der Waals surface area contributed by atoms with Gasteiger partial charge in [0.2, 0.25) is 0 Å². The van der Waals surface area contributed by atoms with Crippen LogP contribution in [0.1, 0.15) is 47.3 Å². The van der Waals surface area contributed by atoms with E-state index in [2.05, 4.69) is 13.8 Å². The van der Waals surface area contributed by atoms with Crippen LogP contribution in [-0.4, -0.2) is 25.3 Å². The van der Waals surface area contributed by atoms with Crippen molar-refractivity contribution in [1.82, 2.24) is 0 Å². The number of benzene rings is 2. The molecular weight excluding hydrogens is 328 g/mol. The van der Waals surface area contributed by atoms with Crippen LogP contribution in [0.25, 0.3) is 12.2 Å². The first-order chi connectivity index (χ1) is 12.5. The van der Waals surface area contributed by atoms with Crippen molar-refractivity contribution in [2.45, 2.75) is 26.7 Å².